The summed E-state index contributed by atoms with van der Waals surface area (Å²) in [6, 6.07) is 38.7. The number of aryl methyl sites for hydroxylation is 3. The quantitative estimate of drug-likeness (QED) is 0.130. The van der Waals surface area contributed by atoms with Crippen molar-refractivity contribution in [1.82, 2.24) is 0 Å². The van der Waals surface area contributed by atoms with Crippen LogP contribution in [0.1, 0.15) is 92.7 Å². The molecule has 0 fully saturated rings. The van der Waals surface area contributed by atoms with Crippen molar-refractivity contribution in [3.63, 3.8) is 0 Å². The molecule has 0 spiro atoms. The molecule has 0 aliphatic heterocycles. The molecule has 230 valence electrons. The molecule has 0 amide bonds. The molecule has 4 aromatic rings. The van der Waals surface area contributed by atoms with Crippen molar-refractivity contribution in [2.24, 2.45) is 0 Å². The zero-order valence-corrected chi connectivity index (χ0v) is 31.2. The van der Waals surface area contributed by atoms with Gasteiger partial charge in [-0.05, 0) is 0 Å². The summed E-state index contributed by atoms with van der Waals surface area (Å²) in [4.78, 5) is 0. The fourth-order valence-electron chi connectivity index (χ4n) is 6.74. The van der Waals surface area contributed by atoms with Gasteiger partial charge in [0.15, 0.2) is 0 Å². The molecule has 5 heteroatoms. The SMILES string of the molecule is CCCCc1ccc([Si](c2ccc(CCCC)cc2)(c2ccc(CCCC)cc2)C2[C]([Ti+3])=Cc3ccccc32)cc1.[Cl-].[Cl-].[Cl-]. The first-order valence-corrected chi connectivity index (χ1v) is 18.8. The van der Waals surface area contributed by atoms with Crippen LogP contribution in [0.3, 0.4) is 0 Å². The van der Waals surface area contributed by atoms with Crippen LogP contribution in [0.4, 0.5) is 0 Å². The van der Waals surface area contributed by atoms with Crippen molar-refractivity contribution in [2.45, 2.75) is 84.1 Å². The van der Waals surface area contributed by atoms with E-state index < -0.39 is 8.07 Å². The molecule has 1 atom stereocenters. The Morgan fingerprint density at radius 1 is 0.523 bits per heavy atom. The van der Waals surface area contributed by atoms with Gasteiger partial charge in [0.05, 0.1) is 0 Å². The van der Waals surface area contributed by atoms with Crippen LogP contribution >= 0.6 is 0 Å². The van der Waals surface area contributed by atoms with Crippen molar-refractivity contribution in [3.05, 3.63) is 129 Å². The van der Waals surface area contributed by atoms with Crippen LogP contribution < -0.4 is 52.8 Å². The summed E-state index contributed by atoms with van der Waals surface area (Å²) in [5.41, 5.74) is 7.64. The normalized spacial score (nSPS) is 13.7. The van der Waals surface area contributed by atoms with Gasteiger partial charge in [0.2, 0.25) is 0 Å². The van der Waals surface area contributed by atoms with Gasteiger partial charge in [0.1, 0.15) is 0 Å². The first-order valence-electron chi connectivity index (χ1n) is 15.9. The second kappa shape index (κ2) is 18.5. The van der Waals surface area contributed by atoms with Gasteiger partial charge < -0.3 is 37.2 Å². The first-order chi connectivity index (χ1) is 20.1. The van der Waals surface area contributed by atoms with E-state index >= 15 is 0 Å². The Labute approximate surface area is 298 Å². The van der Waals surface area contributed by atoms with Crippen molar-refractivity contribution in [1.29, 1.82) is 0 Å². The van der Waals surface area contributed by atoms with Crippen LogP contribution in [0.2, 0.25) is 0 Å². The van der Waals surface area contributed by atoms with Crippen LogP contribution in [-0.2, 0) is 39.7 Å². The number of hydrogen-bond acceptors (Lipinski definition) is 0. The smallest absolute Gasteiger partial charge is 1.00 e. The molecule has 0 N–H and O–H groups in total. The summed E-state index contributed by atoms with van der Waals surface area (Å²) in [5.74, 6) is 0. The Balaban J connectivity index is 0.00000225. The van der Waals surface area contributed by atoms with Gasteiger partial charge in [-0.25, -0.2) is 0 Å². The van der Waals surface area contributed by atoms with E-state index in [2.05, 4.69) is 144 Å². The Hall–Kier alpha value is -1.58. The summed E-state index contributed by atoms with van der Waals surface area (Å²) in [7, 11) is -2.54. The molecule has 0 radical (unpaired) electrons. The van der Waals surface area contributed by atoms with Crippen molar-refractivity contribution < 1.29 is 57.7 Å². The van der Waals surface area contributed by atoms with E-state index in [1.165, 1.54) is 85.8 Å². The molecule has 1 aliphatic carbocycles. The number of hydrogen-bond donors (Lipinski definition) is 0. The minimum Gasteiger partial charge on any atom is -1.00 e. The predicted molar refractivity (Wildman–Crippen MR) is 177 cm³/mol. The average molecular weight is 696 g/mol. The maximum Gasteiger partial charge on any atom is -1.00 e. The molecule has 1 unspecified atom stereocenters. The van der Waals surface area contributed by atoms with E-state index in [4.69, 9.17) is 0 Å². The van der Waals surface area contributed by atoms with E-state index in [9.17, 15) is 0 Å². The van der Waals surface area contributed by atoms with Crippen LogP contribution in [0.25, 0.3) is 6.08 Å². The number of fused-ring (bicyclic) bond motifs is 1. The number of allylic oxidation sites excluding steroid dienone is 1. The van der Waals surface area contributed by atoms with Gasteiger partial charge in [-0.3, -0.25) is 0 Å². The minimum atomic E-state index is -2.54. The number of unbranched alkanes of at least 4 members (excludes halogenated alkanes) is 3. The second-order valence-corrected chi connectivity index (χ2v) is 16.7. The van der Waals surface area contributed by atoms with E-state index in [1.807, 2.05) is 0 Å². The maximum atomic E-state index is 2.50. The summed E-state index contributed by atoms with van der Waals surface area (Å²) >= 11 is 2.38. The molecule has 0 bridgehead atoms. The first kappa shape index (κ1) is 38.6. The average Bonchev–Trinajstić information content (AvgIpc) is 3.36. The Bertz CT molecular complexity index is 1320. The molecule has 44 heavy (non-hydrogen) atoms. The fourth-order valence-corrected chi connectivity index (χ4v) is 13.6. The van der Waals surface area contributed by atoms with Crippen LogP contribution in [-0.4, -0.2) is 8.07 Å². The third-order valence-corrected chi connectivity index (χ3v) is 15.4. The molecular formula is C39H45Cl3SiTi. The zero-order chi connectivity index (χ0) is 28.7. The molecule has 4 aromatic carbocycles. The van der Waals surface area contributed by atoms with Crippen LogP contribution in [0.15, 0.2) is 101 Å². The van der Waals surface area contributed by atoms with Gasteiger partial charge in [0.25, 0.3) is 0 Å². The molecule has 0 saturated heterocycles. The van der Waals surface area contributed by atoms with Gasteiger partial charge in [-0.1, -0.05) is 0 Å². The standard InChI is InChI=1S/C39H45Si.3ClH.Ti/c1-4-7-12-31-17-24-35(25-18-31)40(36-26-19-32(20-27-36)13-8-5-2,37-28-21-33(22-29-37)14-9-6-3)39-30-23-34-15-10-11-16-38(34)39;;;;/h10-11,15-29,39H,4-9,12-14H2,1-3H3;3*1H;/q;;;;+3/p-3. The molecule has 0 nitrogen and oxygen atoms in total. The Morgan fingerprint density at radius 3 is 1.25 bits per heavy atom. The molecule has 1 aliphatic rings. The van der Waals surface area contributed by atoms with E-state index in [1.54, 1.807) is 0 Å². The number of halogens is 3. The predicted octanol–water partition coefficient (Wildman–Crippen LogP) is -0.579. The molecule has 0 aromatic heterocycles. The molecule has 0 heterocycles. The Kier molecular flexibility index (Phi) is 16.3. The largest absolute Gasteiger partial charge is 1.00 e. The molecular weight excluding hydrogens is 651 g/mol. The molecule has 5 rings (SSSR count). The topological polar surface area (TPSA) is 0 Å². The molecule has 0 saturated carbocycles. The zero-order valence-electron chi connectivity index (χ0n) is 26.4. The van der Waals surface area contributed by atoms with Crippen LogP contribution in [0, 0.1) is 0 Å². The number of benzene rings is 4. The Morgan fingerprint density at radius 2 is 0.886 bits per heavy atom. The second-order valence-electron chi connectivity index (χ2n) is 11.9. The van der Waals surface area contributed by atoms with Crippen molar-refractivity contribution in [2.75, 3.05) is 0 Å². The van der Waals surface area contributed by atoms with Crippen LogP contribution in [0.5, 0.6) is 0 Å². The third-order valence-electron chi connectivity index (χ3n) is 9.05. The van der Waals surface area contributed by atoms with Crippen molar-refractivity contribution >= 4 is 29.7 Å². The summed E-state index contributed by atoms with van der Waals surface area (Å²) < 4.78 is 1.50. The summed E-state index contributed by atoms with van der Waals surface area (Å²) in [6.07, 6.45) is 13.4. The minimum absolute atomic E-state index is 0. The van der Waals surface area contributed by atoms with E-state index in [0.29, 0.717) is 5.54 Å². The van der Waals surface area contributed by atoms with E-state index in [-0.39, 0.29) is 37.2 Å². The third kappa shape index (κ3) is 8.22. The summed E-state index contributed by atoms with van der Waals surface area (Å²) in [6.45, 7) is 6.86. The van der Waals surface area contributed by atoms with Crippen molar-refractivity contribution in [3.8, 4) is 0 Å². The maximum absolute atomic E-state index is 2.54. The van der Waals surface area contributed by atoms with Gasteiger partial charge in [-0.2, -0.15) is 0 Å². The van der Waals surface area contributed by atoms with Gasteiger partial charge >= 0.3 is 263 Å². The number of rotatable bonds is 13. The van der Waals surface area contributed by atoms with E-state index in [0.717, 1.165) is 19.3 Å². The van der Waals surface area contributed by atoms with Gasteiger partial charge in [0, 0.05) is 0 Å². The fraction of sp³-hybridized carbons (Fsp3) is 0.333. The summed E-state index contributed by atoms with van der Waals surface area (Å²) in [5, 5.41) is 4.57. The van der Waals surface area contributed by atoms with Gasteiger partial charge in [-0.15, -0.1) is 0 Å². The monoisotopic (exact) mass is 694 g/mol.